The molecular weight excluding hydrogens is 625 g/mol. The minimum Gasteiger partial charge on any atom is -0.0654 e. The third-order valence-electron chi connectivity index (χ3n) is 12.6. The Kier molecular flexibility index (Phi) is 49.0. The van der Waals surface area contributed by atoms with Crippen molar-refractivity contribution in [2.24, 2.45) is 5.92 Å². The van der Waals surface area contributed by atoms with Gasteiger partial charge in [-0.05, 0) is 5.92 Å². The molecule has 0 radical (unpaired) electrons. The van der Waals surface area contributed by atoms with Crippen molar-refractivity contribution >= 4 is 0 Å². The molecule has 314 valence electrons. The summed E-state index contributed by atoms with van der Waals surface area (Å²) in [5.74, 6) is 0.963. The topological polar surface area (TPSA) is 0 Å². The molecule has 0 rings (SSSR count). The average molecular weight is 731 g/mol. The van der Waals surface area contributed by atoms with Crippen molar-refractivity contribution in [3.05, 3.63) is 0 Å². The van der Waals surface area contributed by atoms with E-state index in [0.717, 1.165) is 5.92 Å². The van der Waals surface area contributed by atoms with Gasteiger partial charge < -0.3 is 0 Å². The van der Waals surface area contributed by atoms with Crippen LogP contribution in [0.15, 0.2) is 0 Å². The van der Waals surface area contributed by atoms with Gasteiger partial charge in [0, 0.05) is 0 Å². The Hall–Kier alpha value is 0. The summed E-state index contributed by atoms with van der Waals surface area (Å²) in [6.07, 6.45) is 71.2. The van der Waals surface area contributed by atoms with Crippen LogP contribution in [0, 0.1) is 5.92 Å². The van der Waals surface area contributed by atoms with Gasteiger partial charge in [-0.2, -0.15) is 0 Å². The molecule has 1 unspecified atom stereocenters. The first-order chi connectivity index (χ1) is 25.8. The highest BCUT2D eigenvalue weighted by atomic mass is 14.1. The van der Waals surface area contributed by atoms with Gasteiger partial charge in [-0.1, -0.05) is 329 Å². The molecule has 0 aliphatic rings. The third kappa shape index (κ3) is 48.0. The van der Waals surface area contributed by atoms with Crippen molar-refractivity contribution in [2.45, 2.75) is 329 Å². The smallest absolute Gasteiger partial charge is 0.0443 e. The van der Waals surface area contributed by atoms with Gasteiger partial charge in [0.25, 0.3) is 0 Å². The normalized spacial score (nSPS) is 12.3. The van der Waals surface area contributed by atoms with Crippen LogP contribution >= 0.6 is 0 Å². The maximum absolute atomic E-state index is 2.52. The fraction of sp³-hybridized carbons (Fsp3) is 1.00. The Morgan fingerprint density at radius 1 is 0.173 bits per heavy atom. The predicted molar refractivity (Wildman–Crippen MR) is 242 cm³/mol. The summed E-state index contributed by atoms with van der Waals surface area (Å²) >= 11 is 0. The molecule has 1 atom stereocenters. The van der Waals surface area contributed by atoms with Crippen LogP contribution in [0.25, 0.3) is 0 Å². The summed E-state index contributed by atoms with van der Waals surface area (Å²) in [6.45, 7) is 7.15. The van der Waals surface area contributed by atoms with Gasteiger partial charge >= 0.3 is 0 Å². The molecule has 0 aromatic carbocycles. The first kappa shape index (κ1) is 52.0. The Bertz CT molecular complexity index is 579. The van der Waals surface area contributed by atoms with Crippen LogP contribution in [0.1, 0.15) is 329 Å². The van der Waals surface area contributed by atoms with Crippen LogP contribution in [0.2, 0.25) is 0 Å². The summed E-state index contributed by atoms with van der Waals surface area (Å²) < 4.78 is 0. The molecule has 0 heteroatoms. The monoisotopic (exact) mass is 731 g/mol. The summed E-state index contributed by atoms with van der Waals surface area (Å²) in [5.41, 5.74) is 0. The molecule has 0 amide bonds. The van der Waals surface area contributed by atoms with E-state index in [1.54, 1.807) is 0 Å². The molecule has 0 saturated heterocycles. The molecule has 52 heavy (non-hydrogen) atoms. The molecule has 0 nitrogen and oxygen atoms in total. The predicted octanol–water partition coefficient (Wildman–Crippen LogP) is 20.4. The molecule has 0 N–H and O–H groups in total. The maximum atomic E-state index is 2.52. The van der Waals surface area contributed by atoms with E-state index in [0.29, 0.717) is 0 Å². The van der Waals surface area contributed by atoms with E-state index in [1.165, 1.54) is 308 Å². The largest absolute Gasteiger partial charge is 0.0654 e. The Morgan fingerprint density at radius 2 is 0.288 bits per heavy atom. The molecule has 0 bridgehead atoms. The van der Waals surface area contributed by atoms with Gasteiger partial charge in [-0.15, -0.1) is 0 Å². The second kappa shape index (κ2) is 49.0. The van der Waals surface area contributed by atoms with Crippen LogP contribution < -0.4 is 0 Å². The molecule has 0 fully saturated rings. The van der Waals surface area contributed by atoms with Crippen LogP contribution in [0.3, 0.4) is 0 Å². The van der Waals surface area contributed by atoms with Crippen LogP contribution in [-0.4, -0.2) is 0 Å². The van der Waals surface area contributed by atoms with Crippen molar-refractivity contribution in [3.8, 4) is 0 Å². The number of rotatable bonds is 48. The average Bonchev–Trinajstić information content (AvgIpc) is 3.15. The first-order valence-electron chi connectivity index (χ1n) is 25.8. The molecular formula is C52H106. The minimum absolute atomic E-state index is 0.963. The lowest BCUT2D eigenvalue weighted by Gasteiger charge is -2.11. The molecule has 0 aliphatic carbocycles. The van der Waals surface area contributed by atoms with Gasteiger partial charge in [-0.25, -0.2) is 0 Å². The van der Waals surface area contributed by atoms with E-state index >= 15 is 0 Å². The summed E-state index contributed by atoms with van der Waals surface area (Å²) in [7, 11) is 0. The molecule has 0 aliphatic heterocycles. The lowest BCUT2D eigenvalue weighted by atomic mass is 9.95. The van der Waals surface area contributed by atoms with E-state index in [-0.39, 0.29) is 0 Å². The van der Waals surface area contributed by atoms with E-state index in [1.807, 2.05) is 0 Å². The quantitative estimate of drug-likeness (QED) is 0.0547. The molecule has 0 heterocycles. The summed E-state index contributed by atoms with van der Waals surface area (Å²) in [5, 5.41) is 0. The standard InChI is InChI=1S/C52H106/c1-4-6-8-10-12-14-16-18-20-22-24-26-27-28-29-30-31-33-35-37-39-41-43-45-47-49-51-52(3)50-48-46-44-42-40-38-36-34-32-25-23-21-19-17-15-13-11-9-7-5-2/h52H,4-51H2,1-3H3. The minimum atomic E-state index is 0.963. The van der Waals surface area contributed by atoms with Gasteiger partial charge in [0.2, 0.25) is 0 Å². The second-order valence-corrected chi connectivity index (χ2v) is 18.2. The zero-order valence-corrected chi connectivity index (χ0v) is 37.5. The zero-order chi connectivity index (χ0) is 37.5. The Balaban J connectivity index is 3.13. The fourth-order valence-electron chi connectivity index (χ4n) is 8.70. The SMILES string of the molecule is CCCCCCCCCCCCCCCCCCCCCCCCCCCCC(C)CCCCCCCCCCCCCCCCCCCCCC. The van der Waals surface area contributed by atoms with Crippen LogP contribution in [0.5, 0.6) is 0 Å². The zero-order valence-electron chi connectivity index (χ0n) is 37.5. The fourth-order valence-corrected chi connectivity index (χ4v) is 8.70. The third-order valence-corrected chi connectivity index (χ3v) is 12.6. The Morgan fingerprint density at radius 3 is 0.423 bits per heavy atom. The van der Waals surface area contributed by atoms with Crippen molar-refractivity contribution in [3.63, 3.8) is 0 Å². The maximum Gasteiger partial charge on any atom is -0.0443 e. The highest BCUT2D eigenvalue weighted by Crippen LogP contribution is 2.20. The van der Waals surface area contributed by atoms with Gasteiger partial charge in [0.15, 0.2) is 0 Å². The lowest BCUT2D eigenvalue weighted by molar-refractivity contribution is 0.429. The van der Waals surface area contributed by atoms with Crippen LogP contribution in [0.4, 0.5) is 0 Å². The van der Waals surface area contributed by atoms with Gasteiger partial charge in [-0.3, -0.25) is 0 Å². The Labute approximate surface area is 333 Å². The van der Waals surface area contributed by atoms with E-state index in [9.17, 15) is 0 Å². The number of unbranched alkanes of at least 4 members (excludes halogenated alkanes) is 44. The summed E-state index contributed by atoms with van der Waals surface area (Å²) in [6, 6.07) is 0. The number of hydrogen-bond acceptors (Lipinski definition) is 0. The lowest BCUT2D eigenvalue weighted by Crippen LogP contribution is -1.95. The number of hydrogen-bond donors (Lipinski definition) is 0. The van der Waals surface area contributed by atoms with Gasteiger partial charge in [0.1, 0.15) is 0 Å². The van der Waals surface area contributed by atoms with Gasteiger partial charge in [0.05, 0.1) is 0 Å². The van der Waals surface area contributed by atoms with Crippen LogP contribution in [-0.2, 0) is 0 Å². The van der Waals surface area contributed by atoms with Crippen molar-refractivity contribution < 1.29 is 0 Å². The molecule has 0 saturated carbocycles. The molecule has 0 aromatic rings. The summed E-state index contributed by atoms with van der Waals surface area (Å²) in [4.78, 5) is 0. The van der Waals surface area contributed by atoms with Crippen molar-refractivity contribution in [2.75, 3.05) is 0 Å². The van der Waals surface area contributed by atoms with E-state index < -0.39 is 0 Å². The van der Waals surface area contributed by atoms with E-state index in [4.69, 9.17) is 0 Å². The molecule has 0 spiro atoms. The first-order valence-corrected chi connectivity index (χ1v) is 25.8. The van der Waals surface area contributed by atoms with Crippen molar-refractivity contribution in [1.82, 2.24) is 0 Å². The van der Waals surface area contributed by atoms with E-state index in [2.05, 4.69) is 20.8 Å². The second-order valence-electron chi connectivity index (χ2n) is 18.2. The van der Waals surface area contributed by atoms with Crippen molar-refractivity contribution in [1.29, 1.82) is 0 Å². The highest BCUT2D eigenvalue weighted by molar-refractivity contribution is 4.57. The highest BCUT2D eigenvalue weighted by Gasteiger charge is 2.03. The molecule has 0 aromatic heterocycles.